The molecule has 18 heavy (non-hydrogen) atoms. The van der Waals surface area contributed by atoms with Gasteiger partial charge in [0.1, 0.15) is 0 Å². The van der Waals surface area contributed by atoms with Crippen molar-refractivity contribution in [2.24, 2.45) is 5.92 Å². The van der Waals surface area contributed by atoms with Crippen molar-refractivity contribution in [1.29, 1.82) is 0 Å². The number of carbonyl (C=O) groups is 1. The summed E-state index contributed by atoms with van der Waals surface area (Å²) in [5.74, 6) is 0.517. The molecule has 1 aromatic carbocycles. The number of benzene rings is 1. The van der Waals surface area contributed by atoms with Crippen LogP contribution in [0.3, 0.4) is 0 Å². The van der Waals surface area contributed by atoms with Crippen molar-refractivity contribution >= 4 is 5.91 Å². The van der Waals surface area contributed by atoms with E-state index >= 15 is 0 Å². The van der Waals surface area contributed by atoms with Crippen LogP contribution in [0.25, 0.3) is 0 Å². The molecule has 0 aromatic heterocycles. The average Bonchev–Trinajstić information content (AvgIpc) is 3.18. The monoisotopic (exact) mass is 245 g/mol. The normalized spacial score (nSPS) is 14.7. The standard InChI is InChI=1S/C16H23NO/c1-9-10(2)12(4)15(13(5)11(9)3)8-17-16(18)14-6-7-14/h14H,6-8H2,1-5H3,(H,17,18). The number of carbonyl (C=O) groups excluding carboxylic acids is 1. The van der Waals surface area contributed by atoms with Gasteiger partial charge in [-0.1, -0.05) is 0 Å². The first-order chi connectivity index (χ1) is 8.43. The van der Waals surface area contributed by atoms with E-state index in [2.05, 4.69) is 39.9 Å². The molecule has 0 spiro atoms. The summed E-state index contributed by atoms with van der Waals surface area (Å²) < 4.78 is 0. The predicted molar refractivity (Wildman–Crippen MR) is 74.7 cm³/mol. The first kappa shape index (κ1) is 13.1. The van der Waals surface area contributed by atoms with Gasteiger partial charge in [-0.2, -0.15) is 0 Å². The van der Waals surface area contributed by atoms with Crippen LogP contribution in [0, 0.1) is 40.5 Å². The molecule has 0 radical (unpaired) electrons. The van der Waals surface area contributed by atoms with E-state index in [1.54, 1.807) is 0 Å². The lowest BCUT2D eigenvalue weighted by Crippen LogP contribution is -2.25. The molecule has 2 nitrogen and oxygen atoms in total. The first-order valence-corrected chi connectivity index (χ1v) is 6.77. The molecule has 0 atom stereocenters. The summed E-state index contributed by atoms with van der Waals surface area (Å²) in [6.45, 7) is 11.5. The molecule has 0 bridgehead atoms. The van der Waals surface area contributed by atoms with Gasteiger partial charge >= 0.3 is 0 Å². The lowest BCUT2D eigenvalue weighted by atomic mass is 9.89. The van der Waals surface area contributed by atoms with Gasteiger partial charge in [0.15, 0.2) is 0 Å². The van der Waals surface area contributed by atoms with E-state index in [4.69, 9.17) is 0 Å². The second-order valence-corrected chi connectivity index (χ2v) is 5.60. The van der Waals surface area contributed by atoms with Crippen molar-refractivity contribution in [3.8, 4) is 0 Å². The third kappa shape index (κ3) is 2.29. The summed E-state index contributed by atoms with van der Waals surface area (Å²) in [5.41, 5.74) is 8.04. The maximum absolute atomic E-state index is 11.7. The molecule has 98 valence electrons. The number of hydrogen-bond acceptors (Lipinski definition) is 1. The minimum Gasteiger partial charge on any atom is -0.352 e. The number of nitrogens with one attached hydrogen (secondary N) is 1. The summed E-state index contributed by atoms with van der Waals surface area (Å²) in [6.07, 6.45) is 2.13. The van der Waals surface area contributed by atoms with Crippen LogP contribution in [-0.4, -0.2) is 5.91 Å². The molecule has 0 saturated heterocycles. The average molecular weight is 245 g/mol. The molecule has 1 amide bonds. The molecule has 0 heterocycles. The maximum Gasteiger partial charge on any atom is 0.223 e. The Morgan fingerprint density at radius 1 is 0.944 bits per heavy atom. The predicted octanol–water partition coefficient (Wildman–Crippen LogP) is 3.25. The molecule has 0 unspecified atom stereocenters. The molecule has 2 heteroatoms. The summed E-state index contributed by atoms with van der Waals surface area (Å²) in [5, 5.41) is 3.08. The molecule has 1 aromatic rings. The van der Waals surface area contributed by atoms with Gasteiger partial charge in [-0.15, -0.1) is 0 Å². The fourth-order valence-electron chi connectivity index (χ4n) is 2.51. The number of amides is 1. The van der Waals surface area contributed by atoms with E-state index in [0.29, 0.717) is 12.5 Å². The second-order valence-electron chi connectivity index (χ2n) is 5.60. The Bertz CT molecular complexity index is 469. The Morgan fingerprint density at radius 2 is 1.39 bits per heavy atom. The highest BCUT2D eigenvalue weighted by Gasteiger charge is 2.29. The fourth-order valence-corrected chi connectivity index (χ4v) is 2.51. The third-order valence-corrected chi connectivity index (χ3v) is 4.54. The van der Waals surface area contributed by atoms with Crippen LogP contribution in [0.5, 0.6) is 0 Å². The Labute approximate surface area is 110 Å². The molecule has 1 saturated carbocycles. The lowest BCUT2D eigenvalue weighted by molar-refractivity contribution is -0.122. The quantitative estimate of drug-likeness (QED) is 0.870. The number of hydrogen-bond donors (Lipinski definition) is 1. The van der Waals surface area contributed by atoms with Crippen LogP contribution in [0.4, 0.5) is 0 Å². The minimum atomic E-state index is 0.227. The van der Waals surface area contributed by atoms with E-state index in [9.17, 15) is 4.79 Å². The van der Waals surface area contributed by atoms with Gasteiger partial charge in [-0.05, 0) is 80.8 Å². The maximum atomic E-state index is 11.7. The van der Waals surface area contributed by atoms with Crippen molar-refractivity contribution in [3.05, 3.63) is 33.4 Å². The number of rotatable bonds is 3. The first-order valence-electron chi connectivity index (χ1n) is 6.77. The van der Waals surface area contributed by atoms with Crippen molar-refractivity contribution in [3.63, 3.8) is 0 Å². The van der Waals surface area contributed by atoms with Gasteiger partial charge in [-0.3, -0.25) is 4.79 Å². The van der Waals surface area contributed by atoms with Gasteiger partial charge in [0.25, 0.3) is 0 Å². The minimum absolute atomic E-state index is 0.227. The van der Waals surface area contributed by atoms with E-state index in [-0.39, 0.29) is 5.91 Å². The SMILES string of the molecule is Cc1c(C)c(C)c(CNC(=O)C2CC2)c(C)c1C. The van der Waals surface area contributed by atoms with Gasteiger partial charge in [0.2, 0.25) is 5.91 Å². The van der Waals surface area contributed by atoms with Gasteiger partial charge in [-0.25, -0.2) is 0 Å². The molecule has 1 fully saturated rings. The van der Waals surface area contributed by atoms with Crippen molar-refractivity contribution in [2.75, 3.05) is 0 Å². The van der Waals surface area contributed by atoms with E-state index in [0.717, 1.165) is 12.8 Å². The topological polar surface area (TPSA) is 29.1 Å². The Balaban J connectivity index is 2.23. The van der Waals surface area contributed by atoms with Crippen molar-refractivity contribution in [2.45, 2.75) is 54.0 Å². The van der Waals surface area contributed by atoms with Gasteiger partial charge < -0.3 is 5.32 Å². The molecule has 0 aliphatic heterocycles. The van der Waals surface area contributed by atoms with Crippen LogP contribution in [0.1, 0.15) is 46.2 Å². The Morgan fingerprint density at radius 3 is 1.83 bits per heavy atom. The summed E-state index contributed by atoms with van der Waals surface area (Å²) in [4.78, 5) is 11.7. The summed E-state index contributed by atoms with van der Waals surface area (Å²) in [7, 11) is 0. The summed E-state index contributed by atoms with van der Waals surface area (Å²) in [6, 6.07) is 0. The molecule has 1 aliphatic rings. The second kappa shape index (κ2) is 4.75. The van der Waals surface area contributed by atoms with Crippen LogP contribution in [0.2, 0.25) is 0 Å². The van der Waals surface area contributed by atoms with Crippen LogP contribution >= 0.6 is 0 Å². The smallest absolute Gasteiger partial charge is 0.223 e. The Kier molecular flexibility index (Phi) is 3.47. The molecule has 2 rings (SSSR count). The van der Waals surface area contributed by atoms with Crippen molar-refractivity contribution in [1.82, 2.24) is 5.32 Å². The zero-order valence-electron chi connectivity index (χ0n) is 12.1. The van der Waals surface area contributed by atoms with Crippen molar-refractivity contribution < 1.29 is 4.79 Å². The summed E-state index contributed by atoms with van der Waals surface area (Å²) >= 11 is 0. The largest absolute Gasteiger partial charge is 0.352 e. The highest BCUT2D eigenvalue weighted by molar-refractivity contribution is 5.80. The Hall–Kier alpha value is -1.31. The molecular formula is C16H23NO. The molecular weight excluding hydrogens is 222 g/mol. The van der Waals surface area contributed by atoms with Gasteiger partial charge in [0, 0.05) is 12.5 Å². The molecule has 1 N–H and O–H groups in total. The van der Waals surface area contributed by atoms with Crippen LogP contribution in [-0.2, 0) is 11.3 Å². The van der Waals surface area contributed by atoms with E-state index in [1.165, 1.54) is 33.4 Å². The highest BCUT2D eigenvalue weighted by atomic mass is 16.2. The van der Waals surface area contributed by atoms with E-state index < -0.39 is 0 Å². The zero-order chi connectivity index (χ0) is 13.4. The fraction of sp³-hybridized carbons (Fsp3) is 0.562. The molecule has 1 aliphatic carbocycles. The zero-order valence-corrected chi connectivity index (χ0v) is 12.1. The van der Waals surface area contributed by atoms with Crippen LogP contribution in [0.15, 0.2) is 0 Å². The van der Waals surface area contributed by atoms with E-state index in [1.807, 2.05) is 0 Å². The highest BCUT2D eigenvalue weighted by Crippen LogP contribution is 2.29. The van der Waals surface area contributed by atoms with Crippen LogP contribution < -0.4 is 5.32 Å². The lowest BCUT2D eigenvalue weighted by Gasteiger charge is -2.19. The van der Waals surface area contributed by atoms with Gasteiger partial charge in [0.05, 0.1) is 0 Å². The third-order valence-electron chi connectivity index (χ3n) is 4.54.